The lowest BCUT2D eigenvalue weighted by Crippen LogP contribution is -2.43. The molecule has 3 aromatic rings. The Hall–Kier alpha value is -2.75. The molecule has 1 saturated carbocycles. The molecule has 1 fully saturated rings. The van der Waals surface area contributed by atoms with Crippen molar-refractivity contribution in [2.24, 2.45) is 5.92 Å². The van der Waals surface area contributed by atoms with Gasteiger partial charge < -0.3 is 26.6 Å². The van der Waals surface area contributed by atoms with E-state index in [9.17, 15) is 10.2 Å². The van der Waals surface area contributed by atoms with E-state index in [1.54, 1.807) is 0 Å². The minimum Gasteiger partial charge on any atom is -0.390 e. The second-order valence-electron chi connectivity index (χ2n) is 8.49. The highest BCUT2D eigenvalue weighted by molar-refractivity contribution is 9.10. The normalized spacial score (nSPS) is 25.2. The van der Waals surface area contributed by atoms with Crippen molar-refractivity contribution in [1.82, 2.24) is 15.0 Å². The number of aliphatic hydroxyl groups excluding tert-OH is 2. The van der Waals surface area contributed by atoms with Crippen LogP contribution in [-0.4, -0.2) is 50.0 Å². The van der Waals surface area contributed by atoms with Crippen molar-refractivity contribution in [3.05, 3.63) is 52.3 Å². The lowest BCUT2D eigenvalue weighted by Gasteiger charge is -2.28. The molecule has 2 aliphatic rings. The number of pyridine rings is 1. The summed E-state index contributed by atoms with van der Waals surface area (Å²) in [6, 6.07) is 7.79. The van der Waals surface area contributed by atoms with Gasteiger partial charge in [0.2, 0.25) is 0 Å². The van der Waals surface area contributed by atoms with Crippen molar-refractivity contribution in [2.45, 2.75) is 37.5 Å². The Morgan fingerprint density at radius 2 is 1.97 bits per heavy atom. The molecule has 0 amide bonds. The molecule has 4 atom stereocenters. The molecule has 1 aromatic carbocycles. The highest BCUT2D eigenvalue weighted by Crippen LogP contribution is 2.39. The van der Waals surface area contributed by atoms with Crippen LogP contribution in [0.1, 0.15) is 24.0 Å². The zero-order valence-electron chi connectivity index (χ0n) is 17.4. The first-order valence-corrected chi connectivity index (χ1v) is 11.5. The number of aliphatic hydroxyl groups is 2. The number of benzene rings is 1. The van der Waals surface area contributed by atoms with Crippen molar-refractivity contribution < 1.29 is 10.2 Å². The Kier molecular flexibility index (Phi) is 5.48. The Morgan fingerprint density at radius 3 is 2.81 bits per heavy atom. The van der Waals surface area contributed by atoms with E-state index in [0.29, 0.717) is 24.5 Å². The number of hydrogen-bond donors (Lipinski definition) is 4. The van der Waals surface area contributed by atoms with Crippen molar-refractivity contribution in [2.75, 3.05) is 22.9 Å². The number of allylic oxidation sites excluding steroid dienone is 1. The van der Waals surface area contributed by atoms with Gasteiger partial charge in [-0.05, 0) is 58.8 Å². The Morgan fingerprint density at radius 1 is 1.12 bits per heavy atom. The van der Waals surface area contributed by atoms with E-state index < -0.39 is 12.2 Å². The molecule has 1 aliphatic heterocycles. The average Bonchev–Trinajstić information content (AvgIpc) is 3.32. The monoisotopic (exact) mass is 496 g/mol. The van der Waals surface area contributed by atoms with Gasteiger partial charge in [-0.2, -0.15) is 0 Å². The van der Waals surface area contributed by atoms with E-state index in [2.05, 4.69) is 35.8 Å². The standard InChI is InChI=1S/C23H25BrN6O2/c24-16-9-13-5-4-12(8-17(13)29-22(16)26)2-1-3-14-10-18(20(32)19(14)31)30-7-6-15-21(25)27-11-28-23(15)30/h1-2,4-5,8-9,11,14,18-20,31-32H,3,6-7,10H2,(H2,26,29)(H2,25,27,28)/b2-1+/t14?,18?,19?,20-/m1/s1. The molecule has 166 valence electrons. The van der Waals surface area contributed by atoms with Gasteiger partial charge in [0.25, 0.3) is 0 Å². The van der Waals surface area contributed by atoms with Crippen LogP contribution in [0.4, 0.5) is 17.5 Å². The van der Waals surface area contributed by atoms with Gasteiger partial charge in [-0.1, -0.05) is 24.3 Å². The number of halogens is 1. The number of hydrogen-bond acceptors (Lipinski definition) is 8. The summed E-state index contributed by atoms with van der Waals surface area (Å²) in [5.74, 6) is 1.69. The first kappa shape index (κ1) is 21.1. The lowest BCUT2D eigenvalue weighted by atomic mass is 10.00. The summed E-state index contributed by atoms with van der Waals surface area (Å²) in [6.07, 6.45) is 5.99. The molecule has 8 nitrogen and oxygen atoms in total. The lowest BCUT2D eigenvalue weighted by molar-refractivity contribution is 0.0152. The molecule has 6 N–H and O–H groups in total. The van der Waals surface area contributed by atoms with Crippen molar-refractivity contribution in [1.29, 1.82) is 0 Å². The molecule has 3 unspecified atom stereocenters. The summed E-state index contributed by atoms with van der Waals surface area (Å²) in [5.41, 5.74) is 14.7. The van der Waals surface area contributed by atoms with Gasteiger partial charge in [0, 0.05) is 17.5 Å². The molecule has 3 heterocycles. The molecule has 0 saturated heterocycles. The topological polar surface area (TPSA) is 134 Å². The van der Waals surface area contributed by atoms with Crippen LogP contribution < -0.4 is 16.4 Å². The smallest absolute Gasteiger partial charge is 0.138 e. The van der Waals surface area contributed by atoms with E-state index in [1.807, 2.05) is 36.4 Å². The predicted molar refractivity (Wildman–Crippen MR) is 129 cm³/mol. The zero-order chi connectivity index (χ0) is 22.4. The molecular weight excluding hydrogens is 472 g/mol. The van der Waals surface area contributed by atoms with Crippen LogP contribution in [0.3, 0.4) is 0 Å². The zero-order valence-corrected chi connectivity index (χ0v) is 19.0. The number of nitrogens with two attached hydrogens (primary N) is 2. The highest BCUT2D eigenvalue weighted by atomic mass is 79.9. The molecule has 2 aromatic heterocycles. The molecule has 0 spiro atoms. The van der Waals surface area contributed by atoms with E-state index in [0.717, 1.165) is 45.3 Å². The highest BCUT2D eigenvalue weighted by Gasteiger charge is 2.45. The summed E-state index contributed by atoms with van der Waals surface area (Å²) in [5, 5.41) is 22.5. The summed E-state index contributed by atoms with van der Waals surface area (Å²) < 4.78 is 0.784. The van der Waals surface area contributed by atoms with E-state index in [1.165, 1.54) is 6.33 Å². The minimum absolute atomic E-state index is 0.0420. The van der Waals surface area contributed by atoms with E-state index in [4.69, 9.17) is 11.5 Å². The van der Waals surface area contributed by atoms with Crippen LogP contribution in [0, 0.1) is 5.92 Å². The van der Waals surface area contributed by atoms with Gasteiger partial charge in [-0.15, -0.1) is 0 Å². The van der Waals surface area contributed by atoms with E-state index in [-0.39, 0.29) is 12.0 Å². The number of aromatic nitrogens is 3. The van der Waals surface area contributed by atoms with Gasteiger partial charge in [0.15, 0.2) is 0 Å². The third kappa shape index (κ3) is 3.70. The van der Waals surface area contributed by atoms with Crippen LogP contribution in [0.25, 0.3) is 17.0 Å². The van der Waals surface area contributed by atoms with Gasteiger partial charge in [0.05, 0.1) is 22.1 Å². The summed E-state index contributed by atoms with van der Waals surface area (Å²) in [6.45, 7) is 0.721. The largest absolute Gasteiger partial charge is 0.390 e. The maximum Gasteiger partial charge on any atom is 0.138 e. The fourth-order valence-corrected chi connectivity index (χ4v) is 5.20. The van der Waals surface area contributed by atoms with Crippen LogP contribution in [-0.2, 0) is 6.42 Å². The van der Waals surface area contributed by atoms with Gasteiger partial charge >= 0.3 is 0 Å². The molecule has 0 radical (unpaired) electrons. The Bertz CT molecular complexity index is 1200. The first-order valence-electron chi connectivity index (χ1n) is 10.7. The van der Waals surface area contributed by atoms with Crippen LogP contribution in [0.2, 0.25) is 0 Å². The molecule has 1 aliphatic carbocycles. The SMILES string of the molecule is Nc1nc2cc(/C=C/CC3CC(N4CCc5c(N)ncnc54)[C@@H](O)C3O)ccc2cc1Br. The minimum atomic E-state index is -0.832. The third-order valence-electron chi connectivity index (χ3n) is 6.57. The molecule has 32 heavy (non-hydrogen) atoms. The van der Waals surface area contributed by atoms with Crippen molar-refractivity contribution >= 4 is 50.4 Å². The van der Waals surface area contributed by atoms with Crippen LogP contribution >= 0.6 is 15.9 Å². The quantitative estimate of drug-likeness (QED) is 0.432. The fourth-order valence-electron chi connectivity index (χ4n) is 4.86. The summed E-state index contributed by atoms with van der Waals surface area (Å²) in [4.78, 5) is 14.9. The second kappa shape index (κ2) is 8.31. The number of fused-ring (bicyclic) bond motifs is 2. The molecule has 0 bridgehead atoms. The number of nitrogen functional groups attached to an aromatic ring is 2. The second-order valence-corrected chi connectivity index (χ2v) is 9.35. The first-order chi connectivity index (χ1) is 15.4. The van der Waals surface area contributed by atoms with Crippen molar-refractivity contribution in [3.63, 3.8) is 0 Å². The molecule has 5 rings (SSSR count). The fraction of sp³-hybridized carbons (Fsp3) is 0.348. The maximum absolute atomic E-state index is 10.8. The molecule has 9 heteroatoms. The van der Waals surface area contributed by atoms with E-state index >= 15 is 0 Å². The number of anilines is 3. The van der Waals surface area contributed by atoms with Gasteiger partial charge in [-0.3, -0.25) is 0 Å². The summed E-state index contributed by atoms with van der Waals surface area (Å²) in [7, 11) is 0. The van der Waals surface area contributed by atoms with Crippen LogP contribution in [0.5, 0.6) is 0 Å². The number of nitrogens with zero attached hydrogens (tertiary/aromatic N) is 4. The predicted octanol–water partition coefficient (Wildman–Crippen LogP) is 2.53. The third-order valence-corrected chi connectivity index (χ3v) is 7.21. The average molecular weight is 497 g/mol. The Balaban J connectivity index is 1.29. The number of rotatable bonds is 4. The van der Waals surface area contributed by atoms with Crippen LogP contribution in [0.15, 0.2) is 41.1 Å². The molecular formula is C23H25BrN6O2. The van der Waals surface area contributed by atoms with Gasteiger partial charge in [-0.25, -0.2) is 15.0 Å². The Labute approximate surface area is 194 Å². The van der Waals surface area contributed by atoms with Crippen molar-refractivity contribution in [3.8, 4) is 0 Å². The maximum atomic E-state index is 10.8. The summed E-state index contributed by atoms with van der Waals surface area (Å²) >= 11 is 3.40. The van der Waals surface area contributed by atoms with Gasteiger partial charge in [0.1, 0.15) is 29.9 Å².